The summed E-state index contributed by atoms with van der Waals surface area (Å²) >= 11 is 11.9. The van der Waals surface area contributed by atoms with Crippen molar-refractivity contribution in [2.75, 3.05) is 13.6 Å². The van der Waals surface area contributed by atoms with Gasteiger partial charge in [0.25, 0.3) is 0 Å². The summed E-state index contributed by atoms with van der Waals surface area (Å²) in [5.74, 6) is 0. The Morgan fingerprint density at radius 1 is 1.21 bits per heavy atom. The van der Waals surface area contributed by atoms with Crippen molar-refractivity contribution >= 4 is 23.2 Å². The lowest BCUT2D eigenvalue weighted by molar-refractivity contribution is 0.142. The van der Waals surface area contributed by atoms with Crippen LogP contribution in [0.5, 0.6) is 0 Å². The summed E-state index contributed by atoms with van der Waals surface area (Å²) in [5.41, 5.74) is 2.10. The molecule has 0 bridgehead atoms. The fourth-order valence-electron chi connectivity index (χ4n) is 1.96. The highest BCUT2D eigenvalue weighted by Gasteiger charge is 2.23. The molecule has 1 atom stereocenters. The summed E-state index contributed by atoms with van der Waals surface area (Å²) in [4.78, 5) is 10.5. The number of likely N-dealkylation sites (N-methyl/N-ethyl adjacent to an activating group) is 1. The average Bonchev–Trinajstić information content (AvgIpc) is 2.24. The molecule has 0 spiro atoms. The van der Waals surface area contributed by atoms with Crippen LogP contribution in [-0.2, 0) is 6.42 Å². The van der Waals surface area contributed by atoms with Crippen LogP contribution < -0.4 is 0 Å². The van der Waals surface area contributed by atoms with Gasteiger partial charge in [-0.05, 0) is 44.3 Å². The predicted molar refractivity (Wildman–Crippen MR) is 82.0 cm³/mol. The first kappa shape index (κ1) is 16.7. The quantitative estimate of drug-likeness (QED) is 0.622. The van der Waals surface area contributed by atoms with Gasteiger partial charge in [-0.25, -0.2) is 9.97 Å². The number of rotatable bonds is 4. The van der Waals surface area contributed by atoms with Crippen molar-refractivity contribution < 1.29 is 0 Å². The zero-order valence-corrected chi connectivity index (χ0v) is 14.1. The standard InChI is InChI=1S/C14H23Cl2N3/c1-9-11(12(15)18-13(16)17-9)7-8-19(6)10(2)14(3,4)5/h10H,7-8H2,1-6H3. The van der Waals surface area contributed by atoms with Crippen LogP contribution in [0.4, 0.5) is 0 Å². The minimum atomic E-state index is 0.211. The zero-order valence-electron chi connectivity index (χ0n) is 12.6. The number of hydrogen-bond acceptors (Lipinski definition) is 3. The van der Waals surface area contributed by atoms with E-state index >= 15 is 0 Å². The molecule has 3 nitrogen and oxygen atoms in total. The average molecular weight is 304 g/mol. The lowest BCUT2D eigenvalue weighted by Gasteiger charge is -2.35. The lowest BCUT2D eigenvalue weighted by Crippen LogP contribution is -2.40. The summed E-state index contributed by atoms with van der Waals surface area (Å²) in [7, 11) is 2.13. The molecule has 1 aromatic rings. The molecule has 0 fully saturated rings. The van der Waals surface area contributed by atoms with E-state index in [9.17, 15) is 0 Å². The van der Waals surface area contributed by atoms with Crippen molar-refractivity contribution in [3.05, 3.63) is 21.7 Å². The van der Waals surface area contributed by atoms with Crippen LogP contribution >= 0.6 is 23.2 Å². The Labute approximate surface area is 126 Å². The summed E-state index contributed by atoms with van der Waals surface area (Å²) in [6.45, 7) is 11.8. The summed E-state index contributed by atoms with van der Waals surface area (Å²) in [6.07, 6.45) is 0.832. The highest BCUT2D eigenvalue weighted by Crippen LogP contribution is 2.24. The molecule has 108 valence electrons. The SMILES string of the molecule is Cc1nc(Cl)nc(Cl)c1CCN(C)C(C)C(C)(C)C. The monoisotopic (exact) mass is 303 g/mol. The minimum absolute atomic E-state index is 0.211. The molecule has 5 heteroatoms. The number of nitrogens with zero attached hydrogens (tertiary/aromatic N) is 3. The molecule has 0 saturated carbocycles. The Balaban J connectivity index is 2.73. The van der Waals surface area contributed by atoms with Gasteiger partial charge in [0.1, 0.15) is 5.15 Å². The van der Waals surface area contributed by atoms with E-state index < -0.39 is 0 Å². The summed E-state index contributed by atoms with van der Waals surface area (Å²) in [6, 6.07) is 0.486. The van der Waals surface area contributed by atoms with Crippen LogP contribution in [0.15, 0.2) is 0 Å². The van der Waals surface area contributed by atoms with Gasteiger partial charge in [0.05, 0.1) is 0 Å². The first-order chi connectivity index (χ1) is 8.62. The van der Waals surface area contributed by atoms with E-state index in [2.05, 4.69) is 49.6 Å². The number of aromatic nitrogens is 2. The Kier molecular flexibility index (Phi) is 5.60. The largest absolute Gasteiger partial charge is 0.303 e. The van der Waals surface area contributed by atoms with Crippen LogP contribution in [0.2, 0.25) is 10.4 Å². The van der Waals surface area contributed by atoms with Gasteiger partial charge < -0.3 is 4.90 Å². The predicted octanol–water partition coefficient (Wildman–Crippen LogP) is 4.00. The van der Waals surface area contributed by atoms with Gasteiger partial charge in [0, 0.05) is 23.8 Å². The summed E-state index contributed by atoms with van der Waals surface area (Å²) in [5, 5.41) is 0.678. The van der Waals surface area contributed by atoms with Crippen LogP contribution in [0.3, 0.4) is 0 Å². The Hall–Kier alpha value is -0.380. The van der Waals surface area contributed by atoms with Gasteiger partial charge in [-0.3, -0.25) is 0 Å². The smallest absolute Gasteiger partial charge is 0.224 e. The molecule has 0 aliphatic carbocycles. The fourth-order valence-corrected chi connectivity index (χ4v) is 2.52. The molecular formula is C14H23Cl2N3. The van der Waals surface area contributed by atoms with E-state index in [4.69, 9.17) is 23.2 Å². The highest BCUT2D eigenvalue weighted by molar-refractivity contribution is 6.32. The molecule has 0 aromatic carbocycles. The van der Waals surface area contributed by atoms with E-state index in [0.717, 1.165) is 24.2 Å². The van der Waals surface area contributed by atoms with E-state index in [1.54, 1.807) is 0 Å². The second-order valence-corrected chi connectivity index (χ2v) is 6.82. The number of aryl methyl sites for hydroxylation is 1. The second-order valence-electron chi connectivity index (χ2n) is 6.12. The minimum Gasteiger partial charge on any atom is -0.303 e. The van der Waals surface area contributed by atoms with E-state index in [1.807, 2.05) is 6.92 Å². The maximum atomic E-state index is 6.13. The highest BCUT2D eigenvalue weighted by atomic mass is 35.5. The maximum absolute atomic E-state index is 6.13. The third-order valence-corrected chi connectivity index (χ3v) is 4.25. The maximum Gasteiger partial charge on any atom is 0.224 e. The van der Waals surface area contributed by atoms with E-state index in [-0.39, 0.29) is 10.7 Å². The number of hydrogen-bond donors (Lipinski definition) is 0. The van der Waals surface area contributed by atoms with Gasteiger partial charge in [-0.15, -0.1) is 0 Å². The van der Waals surface area contributed by atoms with Gasteiger partial charge in [-0.1, -0.05) is 32.4 Å². The van der Waals surface area contributed by atoms with Crippen molar-refractivity contribution in [3.8, 4) is 0 Å². The molecule has 1 heterocycles. The first-order valence-electron chi connectivity index (χ1n) is 6.51. The molecule has 0 radical (unpaired) electrons. The topological polar surface area (TPSA) is 29.0 Å². The molecule has 0 aliphatic rings. The second kappa shape index (κ2) is 6.38. The van der Waals surface area contributed by atoms with Gasteiger partial charge in [-0.2, -0.15) is 0 Å². The van der Waals surface area contributed by atoms with Crippen LogP contribution in [0.25, 0.3) is 0 Å². The van der Waals surface area contributed by atoms with Crippen LogP contribution in [0, 0.1) is 12.3 Å². The van der Waals surface area contributed by atoms with Crippen molar-refractivity contribution in [2.24, 2.45) is 5.41 Å². The van der Waals surface area contributed by atoms with Gasteiger partial charge >= 0.3 is 0 Å². The zero-order chi connectivity index (χ0) is 14.8. The van der Waals surface area contributed by atoms with Crippen molar-refractivity contribution in [2.45, 2.75) is 47.1 Å². The van der Waals surface area contributed by atoms with Crippen LogP contribution in [0.1, 0.15) is 39.0 Å². The first-order valence-corrected chi connectivity index (χ1v) is 7.27. The molecule has 0 aliphatic heterocycles. The summed E-state index contributed by atoms with van der Waals surface area (Å²) < 4.78 is 0. The molecule has 0 saturated heterocycles. The lowest BCUT2D eigenvalue weighted by atomic mass is 9.87. The van der Waals surface area contributed by atoms with Gasteiger partial charge in [0.2, 0.25) is 5.28 Å². The van der Waals surface area contributed by atoms with Crippen molar-refractivity contribution in [1.29, 1.82) is 0 Å². The third-order valence-electron chi connectivity index (χ3n) is 3.77. The Morgan fingerprint density at radius 3 is 2.26 bits per heavy atom. The molecule has 0 amide bonds. The third kappa shape index (κ3) is 4.59. The molecule has 1 rings (SSSR count). The molecule has 19 heavy (non-hydrogen) atoms. The molecule has 1 aromatic heterocycles. The molecular weight excluding hydrogens is 281 g/mol. The van der Waals surface area contributed by atoms with E-state index in [1.165, 1.54) is 0 Å². The molecule has 1 unspecified atom stereocenters. The van der Waals surface area contributed by atoms with E-state index in [0.29, 0.717) is 11.2 Å². The molecule has 0 N–H and O–H groups in total. The number of halogens is 2. The van der Waals surface area contributed by atoms with Crippen molar-refractivity contribution in [3.63, 3.8) is 0 Å². The Bertz CT molecular complexity index is 418. The van der Waals surface area contributed by atoms with Crippen LogP contribution in [-0.4, -0.2) is 34.5 Å². The Morgan fingerprint density at radius 2 is 1.79 bits per heavy atom. The van der Waals surface area contributed by atoms with Gasteiger partial charge in [0.15, 0.2) is 0 Å². The fraction of sp³-hybridized carbons (Fsp3) is 0.714. The normalized spacial score (nSPS) is 13.9. The van der Waals surface area contributed by atoms with Crippen molar-refractivity contribution in [1.82, 2.24) is 14.9 Å².